The van der Waals surface area contributed by atoms with Gasteiger partial charge in [0.1, 0.15) is 11.5 Å². The predicted octanol–water partition coefficient (Wildman–Crippen LogP) is 13.1. The number of aromatic nitrogens is 2. The van der Waals surface area contributed by atoms with E-state index in [2.05, 4.69) is 23.8 Å². The van der Waals surface area contributed by atoms with Crippen molar-refractivity contribution in [3.63, 3.8) is 0 Å². The number of halogens is 4. The molecule has 0 atom stereocenters. The summed E-state index contributed by atoms with van der Waals surface area (Å²) < 4.78 is 91.7. The first-order valence-corrected chi connectivity index (χ1v) is 23.2. The van der Waals surface area contributed by atoms with Crippen LogP contribution in [0.3, 0.4) is 0 Å². The number of carbonyl (C=O) groups is 4. The number of ether oxygens (including phenoxy) is 6. The van der Waals surface area contributed by atoms with Gasteiger partial charge in [0.2, 0.25) is 23.3 Å². The normalized spacial score (nSPS) is 10.9. The lowest BCUT2D eigenvalue weighted by Gasteiger charge is -2.11. The number of rotatable bonds is 25. The van der Waals surface area contributed by atoms with E-state index >= 15 is 8.78 Å². The highest BCUT2D eigenvalue weighted by molar-refractivity contribution is 5.93. The first-order chi connectivity index (χ1) is 33.9. The molecule has 0 saturated heterocycles. The fraction of sp³-hybridized carbons (Fsp3) is 0.296. The SMILES string of the molecule is CCCCCCCCOc1ccc(C(=O)Oc2ccc(OC(=O)c3ccc(-c4ccc(C(=O)Oc5ccc(OC(=O)c6ccc(OCCCCCCCC)cc6)c(F)c5F)cn4)nc3)c(F)c2F)cc1. The maximum absolute atomic E-state index is 15.0. The summed E-state index contributed by atoms with van der Waals surface area (Å²) in [6.07, 6.45) is 15.6. The van der Waals surface area contributed by atoms with Gasteiger partial charge in [-0.1, -0.05) is 78.1 Å². The molecule has 0 spiro atoms. The number of nitrogens with zero attached hydrogens (tertiary/aromatic N) is 2. The van der Waals surface area contributed by atoms with Gasteiger partial charge < -0.3 is 28.4 Å². The van der Waals surface area contributed by atoms with E-state index in [1.807, 2.05) is 0 Å². The van der Waals surface area contributed by atoms with Crippen LogP contribution in [0.2, 0.25) is 0 Å². The standard InChI is InChI=1S/C54H52F4N2O10/c1-3-5-7-9-11-13-31-65-39-21-15-35(16-22-39)51(61)67-43-27-29-45(49(57)47(43)55)69-53(63)37-19-25-41(59-33-37)42-26-20-38(34-60-42)54(64)70-46-30-28-44(48(56)50(46)58)68-52(62)36-17-23-40(24-18-36)66-32-14-12-10-8-6-4-2/h15-30,33-34H,3-14,31-32H2,1-2H3. The molecule has 0 unspecified atom stereocenters. The van der Waals surface area contributed by atoms with E-state index in [1.165, 1.54) is 87.1 Å². The molecular weight excluding hydrogens is 913 g/mol. The average Bonchev–Trinajstić information content (AvgIpc) is 3.38. The van der Waals surface area contributed by atoms with Gasteiger partial charge in [0.05, 0.1) is 46.9 Å². The number of benzene rings is 4. The molecular formula is C54H52F4N2O10. The number of hydrogen-bond donors (Lipinski definition) is 0. The highest BCUT2D eigenvalue weighted by Gasteiger charge is 2.24. The Labute approximate surface area is 402 Å². The Balaban J connectivity index is 0.964. The van der Waals surface area contributed by atoms with E-state index in [9.17, 15) is 28.0 Å². The Morgan fingerprint density at radius 1 is 0.371 bits per heavy atom. The van der Waals surface area contributed by atoms with E-state index in [1.54, 1.807) is 24.3 Å². The molecule has 0 fully saturated rings. The number of hydrogen-bond acceptors (Lipinski definition) is 12. The van der Waals surface area contributed by atoms with E-state index in [4.69, 9.17) is 28.4 Å². The van der Waals surface area contributed by atoms with Gasteiger partial charge >= 0.3 is 23.9 Å². The molecule has 0 amide bonds. The Morgan fingerprint density at radius 3 is 0.957 bits per heavy atom. The lowest BCUT2D eigenvalue weighted by Crippen LogP contribution is -2.13. The summed E-state index contributed by atoms with van der Waals surface area (Å²) in [5, 5.41) is 0. The summed E-state index contributed by atoms with van der Waals surface area (Å²) >= 11 is 0. The van der Waals surface area contributed by atoms with Crippen molar-refractivity contribution in [3.8, 4) is 45.9 Å². The number of carbonyl (C=O) groups excluding carboxylic acids is 4. The predicted molar refractivity (Wildman–Crippen MR) is 251 cm³/mol. The summed E-state index contributed by atoms with van der Waals surface area (Å²) in [6.45, 7) is 5.38. The molecule has 0 N–H and O–H groups in total. The summed E-state index contributed by atoms with van der Waals surface area (Å²) in [7, 11) is 0. The third-order valence-electron chi connectivity index (χ3n) is 10.8. The van der Waals surface area contributed by atoms with Gasteiger partial charge in [-0.2, -0.15) is 17.6 Å². The first-order valence-electron chi connectivity index (χ1n) is 23.2. The van der Waals surface area contributed by atoms with Crippen molar-refractivity contribution in [1.82, 2.24) is 9.97 Å². The van der Waals surface area contributed by atoms with Crippen LogP contribution in [0, 0.1) is 23.3 Å². The third-order valence-corrected chi connectivity index (χ3v) is 10.8. The number of pyridine rings is 2. The van der Waals surface area contributed by atoms with Gasteiger partial charge in [0.15, 0.2) is 23.0 Å². The second kappa shape index (κ2) is 26.2. The van der Waals surface area contributed by atoms with Crippen molar-refractivity contribution in [2.45, 2.75) is 90.9 Å². The molecule has 12 nitrogen and oxygen atoms in total. The van der Waals surface area contributed by atoms with Crippen LogP contribution in [-0.4, -0.2) is 47.1 Å². The molecule has 0 aliphatic rings. The first kappa shape index (κ1) is 51.8. The zero-order chi connectivity index (χ0) is 49.8. The molecule has 4 aromatic carbocycles. The van der Waals surface area contributed by atoms with Crippen LogP contribution < -0.4 is 28.4 Å². The van der Waals surface area contributed by atoms with Crippen molar-refractivity contribution >= 4 is 23.9 Å². The van der Waals surface area contributed by atoms with E-state index in [-0.39, 0.29) is 33.6 Å². The smallest absolute Gasteiger partial charge is 0.345 e. The van der Waals surface area contributed by atoms with Crippen molar-refractivity contribution in [1.29, 1.82) is 0 Å². The van der Waals surface area contributed by atoms with Gasteiger partial charge in [0.25, 0.3) is 0 Å². The Bertz CT molecular complexity index is 2510. The molecule has 2 heterocycles. The second-order valence-electron chi connectivity index (χ2n) is 16.1. The average molecular weight is 965 g/mol. The summed E-state index contributed by atoms with van der Waals surface area (Å²) in [4.78, 5) is 59.4. The molecule has 6 rings (SSSR count). The van der Waals surface area contributed by atoms with Gasteiger partial charge in [-0.15, -0.1) is 0 Å². The second-order valence-corrected chi connectivity index (χ2v) is 16.1. The molecule has 0 aliphatic heterocycles. The van der Waals surface area contributed by atoms with Crippen molar-refractivity contribution in [2.24, 2.45) is 0 Å². The van der Waals surface area contributed by atoms with Crippen LogP contribution in [-0.2, 0) is 0 Å². The fourth-order valence-electron chi connectivity index (χ4n) is 6.83. The Hall–Kier alpha value is -7.62. The van der Waals surface area contributed by atoms with Crippen molar-refractivity contribution in [2.75, 3.05) is 13.2 Å². The molecule has 366 valence electrons. The fourth-order valence-corrected chi connectivity index (χ4v) is 6.83. The zero-order valence-corrected chi connectivity index (χ0v) is 38.8. The van der Waals surface area contributed by atoms with Gasteiger partial charge in [-0.25, -0.2) is 19.2 Å². The minimum absolute atomic E-state index is 0.0739. The molecule has 6 aromatic rings. The van der Waals surface area contributed by atoms with E-state index < -0.39 is 70.1 Å². The van der Waals surface area contributed by atoms with Crippen LogP contribution in [0.25, 0.3) is 11.4 Å². The molecule has 0 saturated carbocycles. The molecule has 2 aromatic heterocycles. The Kier molecular flexibility index (Phi) is 19.4. The molecule has 0 aliphatic carbocycles. The topological polar surface area (TPSA) is 149 Å². The highest BCUT2D eigenvalue weighted by atomic mass is 19.2. The van der Waals surface area contributed by atoms with Gasteiger partial charge in [-0.3, -0.25) is 9.97 Å². The molecule has 0 bridgehead atoms. The van der Waals surface area contributed by atoms with Crippen LogP contribution in [0.15, 0.2) is 109 Å². The van der Waals surface area contributed by atoms with Gasteiger partial charge in [0, 0.05) is 12.4 Å². The largest absolute Gasteiger partial charge is 0.494 e. The monoisotopic (exact) mass is 964 g/mol. The summed E-state index contributed by atoms with van der Waals surface area (Å²) in [5.41, 5.74) is 0.302. The third kappa shape index (κ3) is 14.7. The van der Waals surface area contributed by atoms with Crippen LogP contribution in [0.5, 0.6) is 34.5 Å². The van der Waals surface area contributed by atoms with E-state index in [0.29, 0.717) is 24.7 Å². The number of unbranched alkanes of at least 4 members (excludes halogenated alkanes) is 10. The minimum atomic E-state index is -1.57. The number of esters is 4. The summed E-state index contributed by atoms with van der Waals surface area (Å²) in [5.74, 6) is -12.2. The molecule has 0 radical (unpaired) electrons. The zero-order valence-electron chi connectivity index (χ0n) is 38.8. The van der Waals surface area contributed by atoms with Crippen LogP contribution in [0.4, 0.5) is 17.6 Å². The molecule has 16 heteroatoms. The lowest BCUT2D eigenvalue weighted by atomic mass is 10.1. The van der Waals surface area contributed by atoms with Crippen molar-refractivity contribution < 1.29 is 65.2 Å². The maximum Gasteiger partial charge on any atom is 0.345 e. The van der Waals surface area contributed by atoms with Crippen LogP contribution >= 0.6 is 0 Å². The van der Waals surface area contributed by atoms with E-state index in [0.717, 1.165) is 75.2 Å². The highest BCUT2D eigenvalue weighted by Crippen LogP contribution is 2.31. The quantitative estimate of drug-likeness (QED) is 0.0233. The summed E-state index contributed by atoms with van der Waals surface area (Å²) in [6, 6.07) is 21.2. The maximum atomic E-state index is 15.0. The molecule has 70 heavy (non-hydrogen) atoms. The Morgan fingerprint density at radius 2 is 0.657 bits per heavy atom. The van der Waals surface area contributed by atoms with Crippen molar-refractivity contribution in [3.05, 3.63) is 155 Å². The van der Waals surface area contributed by atoms with Gasteiger partial charge in [-0.05, 0) is 110 Å². The lowest BCUT2D eigenvalue weighted by molar-refractivity contribution is 0.0706. The van der Waals surface area contributed by atoms with Crippen LogP contribution in [0.1, 0.15) is 132 Å². The minimum Gasteiger partial charge on any atom is -0.494 e.